The summed E-state index contributed by atoms with van der Waals surface area (Å²) in [5.74, 6) is -3.65. The monoisotopic (exact) mass is 345 g/mol. The zero-order valence-electron chi connectivity index (χ0n) is 9.80. The zero-order chi connectivity index (χ0) is 14.4. The van der Waals surface area contributed by atoms with Crippen LogP contribution in [0.2, 0.25) is 0 Å². The third-order valence-electron chi connectivity index (χ3n) is 2.21. The Morgan fingerprint density at radius 3 is 2.42 bits per heavy atom. The SMILES string of the molecule is NCCc1csc2ccc(Br)cc12.O=C(O)C(=O)O. The summed E-state index contributed by atoms with van der Waals surface area (Å²) in [5.41, 5.74) is 6.91. The molecule has 0 saturated heterocycles. The second-order valence-electron chi connectivity index (χ2n) is 3.55. The van der Waals surface area contributed by atoms with E-state index in [9.17, 15) is 0 Å². The number of rotatable bonds is 2. The number of aliphatic carboxylic acids is 2. The van der Waals surface area contributed by atoms with E-state index in [1.165, 1.54) is 15.6 Å². The molecule has 2 aromatic rings. The fourth-order valence-electron chi connectivity index (χ4n) is 1.40. The Labute approximate surface area is 121 Å². The molecule has 0 spiro atoms. The number of carboxylic acids is 2. The average molecular weight is 346 g/mol. The predicted octanol–water partition coefficient (Wildman–Crippen LogP) is 2.32. The Hall–Kier alpha value is -1.44. The first-order valence-electron chi connectivity index (χ1n) is 5.27. The highest BCUT2D eigenvalue weighted by atomic mass is 79.9. The molecule has 4 N–H and O–H groups in total. The van der Waals surface area contributed by atoms with E-state index in [1.54, 1.807) is 11.3 Å². The summed E-state index contributed by atoms with van der Waals surface area (Å²) in [6.07, 6.45) is 0.969. The highest BCUT2D eigenvalue weighted by Crippen LogP contribution is 2.28. The molecular weight excluding hydrogens is 334 g/mol. The van der Waals surface area contributed by atoms with Crippen molar-refractivity contribution in [1.29, 1.82) is 0 Å². The second-order valence-corrected chi connectivity index (χ2v) is 5.38. The van der Waals surface area contributed by atoms with Gasteiger partial charge in [-0.15, -0.1) is 11.3 Å². The van der Waals surface area contributed by atoms with Crippen molar-refractivity contribution in [2.75, 3.05) is 6.54 Å². The number of halogens is 1. The van der Waals surface area contributed by atoms with Gasteiger partial charge in [0.05, 0.1) is 0 Å². The highest BCUT2D eigenvalue weighted by Gasteiger charge is 2.04. The first-order valence-corrected chi connectivity index (χ1v) is 6.95. The van der Waals surface area contributed by atoms with E-state index in [-0.39, 0.29) is 0 Å². The smallest absolute Gasteiger partial charge is 0.414 e. The number of carboxylic acid groups (broad SMARTS) is 2. The fraction of sp³-hybridized carbons (Fsp3) is 0.167. The molecule has 0 aliphatic heterocycles. The molecule has 5 nitrogen and oxygen atoms in total. The molecule has 7 heteroatoms. The second kappa shape index (κ2) is 7.22. The quantitative estimate of drug-likeness (QED) is 0.725. The molecule has 1 heterocycles. The number of thiophene rings is 1. The molecular formula is C12H12BrNO4S. The van der Waals surface area contributed by atoms with Crippen molar-refractivity contribution in [3.63, 3.8) is 0 Å². The lowest BCUT2D eigenvalue weighted by atomic mass is 10.1. The van der Waals surface area contributed by atoms with Gasteiger partial charge in [-0.25, -0.2) is 9.59 Å². The molecule has 0 fully saturated rings. The third-order valence-corrected chi connectivity index (χ3v) is 3.72. The average Bonchev–Trinajstić information content (AvgIpc) is 2.73. The van der Waals surface area contributed by atoms with Crippen LogP contribution in [0.15, 0.2) is 28.1 Å². The molecule has 0 radical (unpaired) electrons. The summed E-state index contributed by atoms with van der Waals surface area (Å²) in [6, 6.07) is 6.38. The number of fused-ring (bicyclic) bond motifs is 1. The van der Waals surface area contributed by atoms with Crippen molar-refractivity contribution < 1.29 is 19.8 Å². The number of nitrogens with two attached hydrogens (primary N) is 1. The van der Waals surface area contributed by atoms with Gasteiger partial charge in [-0.05, 0) is 47.5 Å². The minimum absolute atomic E-state index is 0.721. The van der Waals surface area contributed by atoms with Gasteiger partial charge in [0.25, 0.3) is 0 Å². The third kappa shape index (κ3) is 4.62. The summed E-state index contributed by atoms with van der Waals surface area (Å²) in [5, 5.41) is 18.3. The van der Waals surface area contributed by atoms with E-state index in [4.69, 9.17) is 25.5 Å². The van der Waals surface area contributed by atoms with Gasteiger partial charge in [0.1, 0.15) is 0 Å². The van der Waals surface area contributed by atoms with Gasteiger partial charge in [0.15, 0.2) is 0 Å². The Balaban J connectivity index is 0.000000258. The van der Waals surface area contributed by atoms with E-state index < -0.39 is 11.9 Å². The van der Waals surface area contributed by atoms with Crippen LogP contribution < -0.4 is 5.73 Å². The first kappa shape index (κ1) is 15.6. The molecule has 1 aromatic carbocycles. The number of hydrogen-bond acceptors (Lipinski definition) is 4. The van der Waals surface area contributed by atoms with Crippen LogP contribution in [0.1, 0.15) is 5.56 Å². The lowest BCUT2D eigenvalue weighted by Crippen LogP contribution is -2.09. The van der Waals surface area contributed by atoms with Gasteiger partial charge in [-0.1, -0.05) is 15.9 Å². The molecule has 0 saturated carbocycles. The van der Waals surface area contributed by atoms with Gasteiger partial charge >= 0.3 is 11.9 Å². The molecule has 19 heavy (non-hydrogen) atoms. The maximum atomic E-state index is 9.10. The van der Waals surface area contributed by atoms with Crippen LogP contribution in [-0.2, 0) is 16.0 Å². The Bertz CT molecular complexity index is 584. The van der Waals surface area contributed by atoms with Crippen molar-refractivity contribution in [2.45, 2.75) is 6.42 Å². The van der Waals surface area contributed by atoms with E-state index in [1.807, 2.05) is 0 Å². The van der Waals surface area contributed by atoms with E-state index >= 15 is 0 Å². The summed E-state index contributed by atoms with van der Waals surface area (Å²) >= 11 is 5.26. The number of carbonyl (C=O) groups is 2. The number of hydrogen-bond donors (Lipinski definition) is 3. The molecule has 0 bridgehead atoms. The molecule has 0 atom stereocenters. The zero-order valence-corrected chi connectivity index (χ0v) is 12.2. The van der Waals surface area contributed by atoms with Gasteiger partial charge in [-0.3, -0.25) is 0 Å². The largest absolute Gasteiger partial charge is 0.473 e. The predicted molar refractivity (Wildman–Crippen MR) is 77.6 cm³/mol. The lowest BCUT2D eigenvalue weighted by molar-refractivity contribution is -0.159. The van der Waals surface area contributed by atoms with Crippen molar-refractivity contribution in [3.05, 3.63) is 33.6 Å². The highest BCUT2D eigenvalue weighted by molar-refractivity contribution is 9.10. The Morgan fingerprint density at radius 2 is 1.89 bits per heavy atom. The Kier molecular flexibility index (Phi) is 5.94. The summed E-state index contributed by atoms with van der Waals surface area (Å²) in [4.78, 5) is 18.2. The maximum absolute atomic E-state index is 9.10. The van der Waals surface area contributed by atoms with Crippen molar-refractivity contribution in [3.8, 4) is 0 Å². The van der Waals surface area contributed by atoms with Crippen molar-refractivity contribution in [1.82, 2.24) is 0 Å². The van der Waals surface area contributed by atoms with Crippen LogP contribution >= 0.6 is 27.3 Å². The maximum Gasteiger partial charge on any atom is 0.414 e. The van der Waals surface area contributed by atoms with E-state index in [0.717, 1.165) is 17.4 Å². The molecule has 2 rings (SSSR count). The standard InChI is InChI=1S/C10H10BrNS.C2H2O4/c11-8-1-2-10-9(5-8)7(3-4-12)6-13-10;3-1(4)2(5)6/h1-2,5-6H,3-4,12H2;(H,3,4)(H,5,6). The van der Waals surface area contributed by atoms with Gasteiger partial charge in [-0.2, -0.15) is 0 Å². The normalized spacial score (nSPS) is 9.79. The summed E-state index contributed by atoms with van der Waals surface area (Å²) in [6.45, 7) is 0.721. The molecule has 1 aromatic heterocycles. The van der Waals surface area contributed by atoms with Crippen LogP contribution in [0.5, 0.6) is 0 Å². The molecule has 102 valence electrons. The van der Waals surface area contributed by atoms with Gasteiger partial charge in [0.2, 0.25) is 0 Å². The molecule has 0 aliphatic carbocycles. The van der Waals surface area contributed by atoms with E-state index in [2.05, 4.69) is 39.5 Å². The van der Waals surface area contributed by atoms with Crippen LogP contribution in [0.25, 0.3) is 10.1 Å². The lowest BCUT2D eigenvalue weighted by Gasteiger charge is -1.96. The summed E-state index contributed by atoms with van der Waals surface area (Å²) < 4.78 is 2.48. The van der Waals surface area contributed by atoms with Crippen LogP contribution in [-0.4, -0.2) is 28.7 Å². The molecule has 0 unspecified atom stereocenters. The minimum Gasteiger partial charge on any atom is -0.473 e. The topological polar surface area (TPSA) is 101 Å². The number of benzene rings is 1. The minimum atomic E-state index is -1.82. The van der Waals surface area contributed by atoms with Crippen molar-refractivity contribution in [2.24, 2.45) is 5.73 Å². The van der Waals surface area contributed by atoms with Crippen LogP contribution in [0.4, 0.5) is 0 Å². The van der Waals surface area contributed by atoms with Crippen molar-refractivity contribution >= 4 is 49.3 Å². The summed E-state index contributed by atoms with van der Waals surface area (Å²) in [7, 11) is 0. The van der Waals surface area contributed by atoms with Gasteiger partial charge in [0, 0.05) is 9.17 Å². The van der Waals surface area contributed by atoms with Crippen LogP contribution in [0.3, 0.4) is 0 Å². The van der Waals surface area contributed by atoms with Crippen LogP contribution in [0, 0.1) is 0 Å². The van der Waals surface area contributed by atoms with E-state index in [0.29, 0.717) is 0 Å². The van der Waals surface area contributed by atoms with Gasteiger partial charge < -0.3 is 15.9 Å². The first-order chi connectivity index (χ1) is 8.95. The Morgan fingerprint density at radius 1 is 1.26 bits per heavy atom. The molecule has 0 amide bonds. The fourth-order valence-corrected chi connectivity index (χ4v) is 2.74. The molecule has 0 aliphatic rings.